The summed E-state index contributed by atoms with van der Waals surface area (Å²) >= 11 is 0. The summed E-state index contributed by atoms with van der Waals surface area (Å²) in [5, 5.41) is 3.38. The number of rotatable bonds is 34. The Kier molecular flexibility index (Phi) is 31.7. The largest absolute Gasteiger partial charge is 0.374 e. The molecule has 0 heterocycles. The van der Waals surface area contributed by atoms with Gasteiger partial charge in [0.15, 0.2) is 0 Å². The molecule has 0 rings (SSSR count). The molecule has 0 fully saturated rings. The summed E-state index contributed by atoms with van der Waals surface area (Å²) in [6, 6.07) is 0. The molecule has 1 N–H and O–H groups in total. The van der Waals surface area contributed by atoms with E-state index in [0.29, 0.717) is 0 Å². The fourth-order valence-corrected chi connectivity index (χ4v) is 5.69. The van der Waals surface area contributed by atoms with Crippen molar-refractivity contribution in [3.05, 3.63) is 0 Å². The van der Waals surface area contributed by atoms with Gasteiger partial charge in [-0.15, -0.1) is 0 Å². The molecular weight excluding hydrogens is 490 g/mol. The lowest BCUT2D eigenvalue weighted by atomic mass is 10.0. The highest BCUT2D eigenvalue weighted by Crippen LogP contribution is 2.18. The van der Waals surface area contributed by atoms with Crippen molar-refractivity contribution in [3.8, 4) is 0 Å². The number of nitrogens with one attached hydrogen (secondary N) is 1. The second-order valence-electron chi connectivity index (χ2n) is 12.9. The van der Waals surface area contributed by atoms with E-state index >= 15 is 0 Å². The van der Waals surface area contributed by atoms with Crippen LogP contribution in [0.1, 0.15) is 207 Å². The van der Waals surface area contributed by atoms with Gasteiger partial charge in [0.05, 0.1) is 6.10 Å². The van der Waals surface area contributed by atoms with Crippen LogP contribution >= 0.6 is 0 Å². The summed E-state index contributed by atoms with van der Waals surface area (Å²) in [5.41, 5.74) is -0.396. The van der Waals surface area contributed by atoms with Gasteiger partial charge >= 0.3 is 0 Å². The first kappa shape index (κ1) is 39.9. The zero-order valence-corrected chi connectivity index (χ0v) is 28.6. The van der Waals surface area contributed by atoms with E-state index in [4.69, 9.17) is 9.47 Å². The fourth-order valence-electron chi connectivity index (χ4n) is 5.69. The topological polar surface area (TPSA) is 30.5 Å². The minimum Gasteiger partial charge on any atom is -0.374 e. The average Bonchev–Trinajstić information content (AvgIpc) is 2.96. The molecule has 3 heteroatoms. The van der Waals surface area contributed by atoms with Crippen LogP contribution in [0.4, 0.5) is 0 Å². The molecule has 0 bridgehead atoms. The molecule has 0 saturated carbocycles. The summed E-state index contributed by atoms with van der Waals surface area (Å²) in [6.45, 7) is 10.6. The summed E-state index contributed by atoms with van der Waals surface area (Å²) in [6.07, 6.45) is 39.1. The molecule has 0 spiro atoms. The highest BCUT2D eigenvalue weighted by Gasteiger charge is 2.30. The number of ether oxygens (including phenoxy) is 2. The lowest BCUT2D eigenvalue weighted by Crippen LogP contribution is -2.52. The van der Waals surface area contributed by atoms with Gasteiger partial charge in [0, 0.05) is 13.2 Å². The first-order valence-corrected chi connectivity index (χ1v) is 18.5. The van der Waals surface area contributed by atoms with Crippen LogP contribution in [0, 0.1) is 0 Å². The number of likely N-dealkylation sites (N-methyl/N-ethyl adjacent to an activating group) is 1. The number of hydrogen-bond acceptors (Lipinski definition) is 3. The van der Waals surface area contributed by atoms with E-state index in [9.17, 15) is 0 Å². The maximum absolute atomic E-state index is 6.29. The maximum atomic E-state index is 6.29. The molecule has 3 nitrogen and oxygen atoms in total. The standard InChI is InChI=1S/C37H77NO2/c1-6-8-10-12-14-16-18-20-22-24-26-28-30-32-34-39-36(3)37(4,38-5)40-35-33-31-29-27-25-23-21-19-17-15-13-11-9-7-2/h36,38H,6-35H2,1-5H3. The normalized spacial score (nSPS) is 14.0. The van der Waals surface area contributed by atoms with Gasteiger partial charge in [-0.2, -0.15) is 0 Å². The zero-order chi connectivity index (χ0) is 29.4. The van der Waals surface area contributed by atoms with Crippen LogP contribution in [-0.4, -0.2) is 32.1 Å². The molecule has 2 unspecified atom stereocenters. The quantitative estimate of drug-likeness (QED) is 0.0619. The van der Waals surface area contributed by atoms with Gasteiger partial charge in [0.1, 0.15) is 5.72 Å². The monoisotopic (exact) mass is 568 g/mol. The molecule has 0 saturated heterocycles. The highest BCUT2D eigenvalue weighted by molar-refractivity contribution is 4.78. The molecule has 0 amide bonds. The van der Waals surface area contributed by atoms with Crippen LogP contribution in [0.25, 0.3) is 0 Å². The molecule has 0 aliphatic heterocycles. The predicted molar refractivity (Wildman–Crippen MR) is 179 cm³/mol. The summed E-state index contributed by atoms with van der Waals surface area (Å²) in [4.78, 5) is 0. The molecule has 0 aromatic carbocycles. The molecule has 40 heavy (non-hydrogen) atoms. The lowest BCUT2D eigenvalue weighted by molar-refractivity contribution is -0.146. The lowest BCUT2D eigenvalue weighted by Gasteiger charge is -2.35. The number of unbranched alkanes of at least 4 members (excludes halogenated alkanes) is 26. The van der Waals surface area contributed by atoms with Gasteiger partial charge in [0.25, 0.3) is 0 Å². The van der Waals surface area contributed by atoms with Crippen molar-refractivity contribution in [3.63, 3.8) is 0 Å². The van der Waals surface area contributed by atoms with E-state index in [0.717, 1.165) is 19.6 Å². The third-order valence-electron chi connectivity index (χ3n) is 9.04. The Bertz CT molecular complexity index is 471. The Morgan fingerprint density at radius 3 is 1.02 bits per heavy atom. The minimum absolute atomic E-state index is 0.0612. The van der Waals surface area contributed by atoms with Gasteiger partial charge < -0.3 is 9.47 Å². The molecule has 242 valence electrons. The van der Waals surface area contributed by atoms with Gasteiger partial charge in [-0.3, -0.25) is 5.32 Å². The van der Waals surface area contributed by atoms with Crippen molar-refractivity contribution in [1.29, 1.82) is 0 Å². The first-order chi connectivity index (χ1) is 19.6. The summed E-state index contributed by atoms with van der Waals surface area (Å²) < 4.78 is 12.5. The van der Waals surface area contributed by atoms with Crippen LogP contribution in [0.3, 0.4) is 0 Å². The van der Waals surface area contributed by atoms with E-state index in [2.05, 4.69) is 33.0 Å². The number of hydrogen-bond donors (Lipinski definition) is 1. The van der Waals surface area contributed by atoms with Gasteiger partial charge in [-0.05, 0) is 33.7 Å². The molecular formula is C37H77NO2. The Balaban J connectivity index is 3.53. The van der Waals surface area contributed by atoms with Crippen LogP contribution in [0.15, 0.2) is 0 Å². The summed E-state index contributed by atoms with van der Waals surface area (Å²) in [5.74, 6) is 0. The van der Waals surface area contributed by atoms with Crippen molar-refractivity contribution >= 4 is 0 Å². The molecule has 0 aliphatic rings. The third kappa shape index (κ3) is 26.8. The SMILES string of the molecule is CCCCCCCCCCCCCCCCOC(C)C(C)(NC)OCCCCCCCCCCCCCCCC. The molecule has 0 aromatic rings. The van der Waals surface area contributed by atoms with Crippen LogP contribution in [0.2, 0.25) is 0 Å². The van der Waals surface area contributed by atoms with Gasteiger partial charge in [-0.1, -0.05) is 181 Å². The molecule has 2 atom stereocenters. The Morgan fingerprint density at radius 2 is 0.725 bits per heavy atom. The van der Waals surface area contributed by atoms with Gasteiger partial charge in [0.2, 0.25) is 0 Å². The third-order valence-corrected chi connectivity index (χ3v) is 9.04. The Morgan fingerprint density at radius 1 is 0.450 bits per heavy atom. The molecule has 0 radical (unpaired) electrons. The molecule has 0 aliphatic carbocycles. The van der Waals surface area contributed by atoms with Crippen molar-refractivity contribution < 1.29 is 9.47 Å². The average molecular weight is 568 g/mol. The van der Waals surface area contributed by atoms with E-state index in [1.807, 2.05) is 7.05 Å². The van der Waals surface area contributed by atoms with Crippen molar-refractivity contribution in [2.45, 2.75) is 219 Å². The predicted octanol–water partition coefficient (Wildman–Crippen LogP) is 12.3. The van der Waals surface area contributed by atoms with Crippen LogP contribution < -0.4 is 5.32 Å². The van der Waals surface area contributed by atoms with Crippen LogP contribution in [0.5, 0.6) is 0 Å². The van der Waals surface area contributed by atoms with Gasteiger partial charge in [-0.25, -0.2) is 0 Å². The highest BCUT2D eigenvalue weighted by atomic mass is 16.6. The van der Waals surface area contributed by atoms with Crippen molar-refractivity contribution in [2.24, 2.45) is 0 Å². The Hall–Kier alpha value is -0.120. The smallest absolute Gasteiger partial charge is 0.142 e. The summed E-state index contributed by atoms with van der Waals surface area (Å²) in [7, 11) is 2.00. The van der Waals surface area contributed by atoms with E-state index in [1.165, 1.54) is 173 Å². The van der Waals surface area contributed by atoms with Crippen molar-refractivity contribution in [1.82, 2.24) is 5.32 Å². The van der Waals surface area contributed by atoms with E-state index < -0.39 is 5.72 Å². The fraction of sp³-hybridized carbons (Fsp3) is 1.00. The molecule has 0 aromatic heterocycles. The second-order valence-corrected chi connectivity index (χ2v) is 12.9. The Labute approximate surface area is 254 Å². The maximum Gasteiger partial charge on any atom is 0.142 e. The van der Waals surface area contributed by atoms with E-state index in [-0.39, 0.29) is 6.10 Å². The van der Waals surface area contributed by atoms with Crippen molar-refractivity contribution in [2.75, 3.05) is 20.3 Å². The first-order valence-electron chi connectivity index (χ1n) is 18.5. The zero-order valence-electron chi connectivity index (χ0n) is 28.6. The minimum atomic E-state index is -0.396. The van der Waals surface area contributed by atoms with E-state index in [1.54, 1.807) is 0 Å². The second kappa shape index (κ2) is 31.8. The van der Waals surface area contributed by atoms with Crippen LogP contribution in [-0.2, 0) is 9.47 Å².